The lowest BCUT2D eigenvalue weighted by Gasteiger charge is -2.15. The van der Waals surface area contributed by atoms with E-state index in [0.29, 0.717) is 11.3 Å². The number of benzene rings is 1. The van der Waals surface area contributed by atoms with Gasteiger partial charge >= 0.3 is 0 Å². The first kappa shape index (κ1) is 14.8. The molecule has 106 valence electrons. The van der Waals surface area contributed by atoms with Crippen molar-refractivity contribution in [1.29, 1.82) is 0 Å². The number of thiophene rings is 1. The Labute approximate surface area is 124 Å². The van der Waals surface area contributed by atoms with Gasteiger partial charge in [-0.25, -0.2) is 0 Å². The molecule has 2 aromatic rings. The summed E-state index contributed by atoms with van der Waals surface area (Å²) in [4.78, 5) is 14.6. The van der Waals surface area contributed by atoms with Crippen molar-refractivity contribution in [3.05, 3.63) is 51.2 Å². The van der Waals surface area contributed by atoms with Gasteiger partial charge in [-0.3, -0.25) is 4.79 Å². The zero-order chi connectivity index (χ0) is 14.9. The summed E-state index contributed by atoms with van der Waals surface area (Å²) in [6.45, 7) is 8.44. The van der Waals surface area contributed by atoms with Crippen LogP contribution in [0.25, 0.3) is 0 Å². The zero-order valence-electron chi connectivity index (χ0n) is 12.6. The first-order valence-corrected chi connectivity index (χ1v) is 7.44. The van der Waals surface area contributed by atoms with Crippen molar-refractivity contribution in [1.82, 2.24) is 0 Å². The average molecular weight is 288 g/mol. The summed E-state index contributed by atoms with van der Waals surface area (Å²) >= 11 is 1.56. The Morgan fingerprint density at radius 1 is 1.15 bits per heavy atom. The highest BCUT2D eigenvalue weighted by Gasteiger charge is 2.21. The van der Waals surface area contributed by atoms with Crippen LogP contribution in [0.4, 0.5) is 0 Å². The first-order chi connectivity index (χ1) is 9.32. The lowest BCUT2D eigenvalue weighted by Crippen LogP contribution is -2.08. The molecule has 0 unspecified atom stereocenters. The standard InChI is InChI=1S/C17H20O2S/c1-11-6-7-13(19-5)12(10-11)16(18)14-8-9-15(20-14)17(2,3)4/h6-10H,1-5H3. The van der Waals surface area contributed by atoms with Crippen LogP contribution in [0.15, 0.2) is 30.3 Å². The Hall–Kier alpha value is -1.61. The molecule has 0 spiro atoms. The van der Waals surface area contributed by atoms with E-state index in [4.69, 9.17) is 4.74 Å². The van der Waals surface area contributed by atoms with E-state index in [0.717, 1.165) is 10.4 Å². The van der Waals surface area contributed by atoms with Crippen LogP contribution >= 0.6 is 11.3 Å². The van der Waals surface area contributed by atoms with Crippen molar-refractivity contribution in [3.8, 4) is 5.75 Å². The third kappa shape index (κ3) is 2.93. The van der Waals surface area contributed by atoms with E-state index in [1.807, 2.05) is 37.3 Å². The van der Waals surface area contributed by atoms with Crippen molar-refractivity contribution in [2.75, 3.05) is 7.11 Å². The molecule has 0 bridgehead atoms. The minimum absolute atomic E-state index is 0.0334. The molecule has 0 aliphatic rings. The van der Waals surface area contributed by atoms with Crippen molar-refractivity contribution >= 4 is 17.1 Å². The van der Waals surface area contributed by atoms with E-state index in [1.54, 1.807) is 18.4 Å². The molecule has 2 nitrogen and oxygen atoms in total. The number of aryl methyl sites for hydroxylation is 1. The zero-order valence-corrected chi connectivity index (χ0v) is 13.4. The van der Waals surface area contributed by atoms with Crippen molar-refractivity contribution in [3.63, 3.8) is 0 Å². The monoisotopic (exact) mass is 288 g/mol. The molecule has 0 aliphatic carbocycles. The SMILES string of the molecule is COc1ccc(C)cc1C(=O)c1ccc(C(C)(C)C)s1. The Morgan fingerprint density at radius 3 is 2.40 bits per heavy atom. The lowest BCUT2D eigenvalue weighted by atomic mass is 9.95. The molecule has 0 radical (unpaired) electrons. The van der Waals surface area contributed by atoms with E-state index in [2.05, 4.69) is 20.8 Å². The molecule has 2 rings (SSSR count). The highest BCUT2D eigenvalue weighted by molar-refractivity contribution is 7.14. The Morgan fingerprint density at radius 2 is 1.85 bits per heavy atom. The van der Waals surface area contributed by atoms with Crippen LogP contribution in [0.1, 0.15) is 46.4 Å². The van der Waals surface area contributed by atoms with Crippen molar-refractivity contribution in [2.24, 2.45) is 0 Å². The van der Waals surface area contributed by atoms with Gasteiger partial charge in [0, 0.05) is 4.88 Å². The number of methoxy groups -OCH3 is 1. The number of carbonyl (C=O) groups excluding carboxylic acids is 1. The van der Waals surface area contributed by atoms with Crippen LogP contribution in [0, 0.1) is 6.92 Å². The first-order valence-electron chi connectivity index (χ1n) is 6.62. The van der Waals surface area contributed by atoms with Crippen LogP contribution in [0.2, 0.25) is 0 Å². The van der Waals surface area contributed by atoms with Gasteiger partial charge in [-0.1, -0.05) is 32.4 Å². The fourth-order valence-electron chi connectivity index (χ4n) is 2.00. The molecule has 0 aliphatic heterocycles. The topological polar surface area (TPSA) is 26.3 Å². The summed E-state index contributed by atoms with van der Waals surface area (Å²) < 4.78 is 5.30. The second-order valence-corrected chi connectivity index (χ2v) is 7.03. The van der Waals surface area contributed by atoms with E-state index in [9.17, 15) is 4.79 Å². The molecule has 0 saturated carbocycles. The largest absolute Gasteiger partial charge is 0.496 e. The third-order valence-electron chi connectivity index (χ3n) is 3.17. The van der Waals surface area contributed by atoms with Gasteiger partial charge in [0.1, 0.15) is 5.75 Å². The minimum Gasteiger partial charge on any atom is -0.496 e. The van der Waals surface area contributed by atoms with Gasteiger partial charge in [0.05, 0.1) is 17.6 Å². The Balaban J connectivity index is 2.41. The van der Waals surface area contributed by atoms with E-state index < -0.39 is 0 Å². The molecule has 0 amide bonds. The summed E-state index contributed by atoms with van der Waals surface area (Å²) in [5.41, 5.74) is 1.76. The number of hydrogen-bond donors (Lipinski definition) is 0. The molecule has 0 saturated heterocycles. The fourth-order valence-corrected chi connectivity index (χ4v) is 3.01. The van der Waals surface area contributed by atoms with Gasteiger partial charge in [-0.15, -0.1) is 11.3 Å². The Bertz CT molecular complexity index is 633. The fraction of sp³-hybridized carbons (Fsp3) is 0.353. The van der Waals surface area contributed by atoms with Crippen molar-refractivity contribution < 1.29 is 9.53 Å². The van der Waals surface area contributed by atoms with Gasteiger partial charge in [-0.05, 0) is 36.6 Å². The number of rotatable bonds is 3. The molecule has 1 aromatic carbocycles. The maximum Gasteiger partial charge on any atom is 0.206 e. The van der Waals surface area contributed by atoms with E-state index >= 15 is 0 Å². The summed E-state index contributed by atoms with van der Waals surface area (Å²) in [6.07, 6.45) is 0. The third-order valence-corrected chi connectivity index (χ3v) is 4.68. The quantitative estimate of drug-likeness (QED) is 0.772. The minimum atomic E-state index is 0.0334. The number of ketones is 1. The van der Waals surface area contributed by atoms with Crippen LogP contribution in [0.5, 0.6) is 5.75 Å². The molecule has 1 heterocycles. The molecular formula is C17H20O2S. The summed E-state index contributed by atoms with van der Waals surface area (Å²) in [5.74, 6) is 0.664. The molecular weight excluding hydrogens is 268 g/mol. The Kier molecular flexibility index (Phi) is 4.00. The molecule has 0 atom stereocenters. The maximum atomic E-state index is 12.6. The second-order valence-electron chi connectivity index (χ2n) is 5.95. The maximum absolute atomic E-state index is 12.6. The van der Waals surface area contributed by atoms with Gasteiger partial charge in [-0.2, -0.15) is 0 Å². The molecule has 3 heteroatoms. The molecule has 20 heavy (non-hydrogen) atoms. The summed E-state index contributed by atoms with van der Waals surface area (Å²) in [6, 6.07) is 9.64. The van der Waals surface area contributed by atoms with Gasteiger partial charge in [0.25, 0.3) is 0 Å². The van der Waals surface area contributed by atoms with Crippen LogP contribution in [-0.4, -0.2) is 12.9 Å². The van der Waals surface area contributed by atoms with Crippen LogP contribution in [0.3, 0.4) is 0 Å². The van der Waals surface area contributed by atoms with E-state index in [1.165, 1.54) is 4.88 Å². The highest BCUT2D eigenvalue weighted by Crippen LogP contribution is 2.32. The predicted octanol–water partition coefficient (Wildman–Crippen LogP) is 4.59. The molecule has 0 fully saturated rings. The van der Waals surface area contributed by atoms with Gasteiger partial charge in [0.15, 0.2) is 0 Å². The average Bonchev–Trinajstić information content (AvgIpc) is 2.87. The highest BCUT2D eigenvalue weighted by atomic mass is 32.1. The van der Waals surface area contributed by atoms with Gasteiger partial charge < -0.3 is 4.74 Å². The second kappa shape index (κ2) is 5.41. The van der Waals surface area contributed by atoms with Crippen molar-refractivity contribution in [2.45, 2.75) is 33.1 Å². The van der Waals surface area contributed by atoms with Crippen LogP contribution < -0.4 is 4.74 Å². The molecule has 1 aromatic heterocycles. The lowest BCUT2D eigenvalue weighted by molar-refractivity contribution is 0.103. The van der Waals surface area contributed by atoms with E-state index in [-0.39, 0.29) is 11.2 Å². The predicted molar refractivity (Wildman–Crippen MR) is 84.2 cm³/mol. The molecule has 0 N–H and O–H groups in total. The smallest absolute Gasteiger partial charge is 0.206 e. The number of carbonyl (C=O) groups is 1. The summed E-state index contributed by atoms with van der Waals surface area (Å²) in [5, 5.41) is 0. The normalized spacial score (nSPS) is 11.4. The number of ether oxygens (including phenoxy) is 1. The van der Waals surface area contributed by atoms with Gasteiger partial charge in [0.2, 0.25) is 5.78 Å². The van der Waals surface area contributed by atoms with Crippen LogP contribution in [-0.2, 0) is 5.41 Å². The number of hydrogen-bond acceptors (Lipinski definition) is 3. The summed E-state index contributed by atoms with van der Waals surface area (Å²) in [7, 11) is 1.59.